The average Bonchev–Trinajstić information content (AvgIpc) is 2.83. The number of hydrogen-bond donors (Lipinski definition) is 1. The van der Waals surface area contributed by atoms with E-state index in [1.165, 1.54) is 12.8 Å². The van der Waals surface area contributed by atoms with Gasteiger partial charge in [0.2, 0.25) is 0 Å². The Morgan fingerprint density at radius 3 is 3.05 bits per heavy atom. The zero-order valence-corrected chi connectivity index (χ0v) is 11.1. The van der Waals surface area contributed by atoms with Crippen molar-refractivity contribution in [3.63, 3.8) is 0 Å². The van der Waals surface area contributed by atoms with Crippen LogP contribution in [0.15, 0.2) is 18.2 Å². The summed E-state index contributed by atoms with van der Waals surface area (Å²) in [6.07, 6.45) is 3.42. The van der Waals surface area contributed by atoms with Crippen molar-refractivity contribution in [3.8, 4) is 5.75 Å². The van der Waals surface area contributed by atoms with E-state index in [0.717, 1.165) is 41.6 Å². The predicted octanol–water partition coefficient (Wildman–Crippen LogP) is 2.08. The maximum atomic E-state index is 5.79. The molecule has 0 atom stereocenters. The van der Waals surface area contributed by atoms with E-state index in [2.05, 4.69) is 14.8 Å². The van der Waals surface area contributed by atoms with Gasteiger partial charge in [-0.2, -0.15) is 0 Å². The molecule has 0 aliphatic carbocycles. The molecule has 0 amide bonds. The highest BCUT2D eigenvalue weighted by atomic mass is 16.5. The van der Waals surface area contributed by atoms with Crippen LogP contribution in [-0.2, 0) is 19.6 Å². The van der Waals surface area contributed by atoms with E-state index in [0.29, 0.717) is 6.61 Å². The fraction of sp³-hybridized carbons (Fsp3) is 0.429. The lowest BCUT2D eigenvalue weighted by Crippen LogP contribution is -2.14. The Balaban J connectivity index is 1.72. The summed E-state index contributed by atoms with van der Waals surface area (Å²) in [6.45, 7) is 3.43. The lowest BCUT2D eigenvalue weighted by atomic mass is 10.2. The number of nitrogens with zero attached hydrogens (tertiary/aromatic N) is 3. The minimum Gasteiger partial charge on any atom is -0.486 e. The van der Waals surface area contributed by atoms with Crippen molar-refractivity contribution < 1.29 is 4.74 Å². The van der Waals surface area contributed by atoms with Gasteiger partial charge in [-0.05, 0) is 43.5 Å². The standard InChI is InChI=1S/C14H18N4O/c1-10-8-11(5-6-12(10)15)19-9-14-17-16-13-4-2-3-7-18(13)14/h5-6,8H,2-4,7,9,15H2,1H3. The molecule has 1 aromatic heterocycles. The minimum atomic E-state index is 0.455. The Morgan fingerprint density at radius 1 is 1.32 bits per heavy atom. The first-order valence-electron chi connectivity index (χ1n) is 6.64. The quantitative estimate of drug-likeness (QED) is 0.856. The molecule has 100 valence electrons. The summed E-state index contributed by atoms with van der Waals surface area (Å²) in [5.74, 6) is 2.81. The van der Waals surface area contributed by atoms with Crippen LogP contribution in [-0.4, -0.2) is 14.8 Å². The van der Waals surface area contributed by atoms with E-state index in [1.807, 2.05) is 25.1 Å². The van der Waals surface area contributed by atoms with Gasteiger partial charge in [0.05, 0.1) is 0 Å². The number of benzene rings is 1. The smallest absolute Gasteiger partial charge is 0.171 e. The number of anilines is 1. The Hall–Kier alpha value is -2.04. The molecule has 5 nitrogen and oxygen atoms in total. The van der Waals surface area contributed by atoms with Crippen molar-refractivity contribution in [2.75, 3.05) is 5.73 Å². The highest BCUT2D eigenvalue weighted by Crippen LogP contribution is 2.20. The van der Waals surface area contributed by atoms with Crippen molar-refractivity contribution in [2.45, 2.75) is 39.3 Å². The Kier molecular flexibility index (Phi) is 3.11. The maximum Gasteiger partial charge on any atom is 0.171 e. The molecular formula is C14H18N4O. The van der Waals surface area contributed by atoms with Gasteiger partial charge in [-0.3, -0.25) is 0 Å². The molecular weight excluding hydrogens is 240 g/mol. The van der Waals surface area contributed by atoms with Gasteiger partial charge in [-0.25, -0.2) is 0 Å². The second-order valence-electron chi connectivity index (χ2n) is 4.95. The monoisotopic (exact) mass is 258 g/mol. The van der Waals surface area contributed by atoms with Gasteiger partial charge in [0, 0.05) is 18.7 Å². The predicted molar refractivity (Wildman–Crippen MR) is 72.9 cm³/mol. The SMILES string of the molecule is Cc1cc(OCc2nnc3n2CCCC3)ccc1N. The molecule has 2 aromatic rings. The fourth-order valence-corrected chi connectivity index (χ4v) is 2.36. The Morgan fingerprint density at radius 2 is 2.21 bits per heavy atom. The molecule has 0 saturated carbocycles. The topological polar surface area (TPSA) is 66.0 Å². The lowest BCUT2D eigenvalue weighted by Gasteiger charge is -2.15. The third-order valence-electron chi connectivity index (χ3n) is 3.55. The van der Waals surface area contributed by atoms with Crippen LogP contribution in [0.5, 0.6) is 5.75 Å². The molecule has 0 bridgehead atoms. The second kappa shape index (κ2) is 4.91. The second-order valence-corrected chi connectivity index (χ2v) is 4.95. The molecule has 0 fully saturated rings. The van der Waals surface area contributed by atoms with Crippen molar-refractivity contribution in [3.05, 3.63) is 35.4 Å². The zero-order chi connectivity index (χ0) is 13.2. The highest BCUT2D eigenvalue weighted by Gasteiger charge is 2.15. The number of aryl methyl sites for hydroxylation is 2. The zero-order valence-electron chi connectivity index (χ0n) is 11.1. The molecule has 0 unspecified atom stereocenters. The van der Waals surface area contributed by atoms with Gasteiger partial charge in [-0.15, -0.1) is 10.2 Å². The minimum absolute atomic E-state index is 0.455. The molecule has 2 heterocycles. The molecule has 2 N–H and O–H groups in total. The van der Waals surface area contributed by atoms with E-state index in [9.17, 15) is 0 Å². The molecule has 0 spiro atoms. The van der Waals surface area contributed by atoms with Crippen molar-refractivity contribution >= 4 is 5.69 Å². The van der Waals surface area contributed by atoms with Crippen LogP contribution < -0.4 is 10.5 Å². The first-order valence-corrected chi connectivity index (χ1v) is 6.64. The summed E-state index contributed by atoms with van der Waals surface area (Å²) in [7, 11) is 0. The molecule has 3 rings (SSSR count). The summed E-state index contributed by atoms with van der Waals surface area (Å²) in [5, 5.41) is 8.43. The number of fused-ring (bicyclic) bond motifs is 1. The summed E-state index contributed by atoms with van der Waals surface area (Å²) >= 11 is 0. The lowest BCUT2D eigenvalue weighted by molar-refractivity contribution is 0.286. The largest absolute Gasteiger partial charge is 0.486 e. The summed E-state index contributed by atoms with van der Waals surface area (Å²) in [6, 6.07) is 5.70. The van der Waals surface area contributed by atoms with E-state index in [1.54, 1.807) is 0 Å². The summed E-state index contributed by atoms with van der Waals surface area (Å²) < 4.78 is 7.95. The number of ether oxygens (including phenoxy) is 1. The van der Waals surface area contributed by atoms with Gasteiger partial charge < -0.3 is 15.0 Å². The van der Waals surface area contributed by atoms with Crippen LogP contribution in [0.25, 0.3) is 0 Å². The molecule has 19 heavy (non-hydrogen) atoms. The molecule has 5 heteroatoms. The van der Waals surface area contributed by atoms with Crippen LogP contribution in [0.4, 0.5) is 5.69 Å². The van der Waals surface area contributed by atoms with Gasteiger partial charge in [-0.1, -0.05) is 0 Å². The van der Waals surface area contributed by atoms with E-state index in [-0.39, 0.29) is 0 Å². The van der Waals surface area contributed by atoms with Gasteiger partial charge in [0.25, 0.3) is 0 Å². The number of nitrogen functional groups attached to an aromatic ring is 1. The average molecular weight is 258 g/mol. The highest BCUT2D eigenvalue weighted by molar-refractivity contribution is 5.49. The molecule has 0 radical (unpaired) electrons. The van der Waals surface area contributed by atoms with E-state index < -0.39 is 0 Å². The fourth-order valence-electron chi connectivity index (χ4n) is 2.36. The third kappa shape index (κ3) is 2.41. The van der Waals surface area contributed by atoms with Gasteiger partial charge in [0.1, 0.15) is 18.2 Å². The molecule has 1 aromatic carbocycles. The Labute approximate surface area is 112 Å². The summed E-state index contributed by atoms with van der Waals surface area (Å²) in [5.41, 5.74) is 7.60. The van der Waals surface area contributed by atoms with Crippen molar-refractivity contribution in [1.29, 1.82) is 0 Å². The first-order chi connectivity index (χ1) is 9.24. The van der Waals surface area contributed by atoms with Gasteiger partial charge in [0.15, 0.2) is 5.82 Å². The van der Waals surface area contributed by atoms with Crippen molar-refractivity contribution in [1.82, 2.24) is 14.8 Å². The van der Waals surface area contributed by atoms with Crippen LogP contribution in [0.1, 0.15) is 30.1 Å². The third-order valence-corrected chi connectivity index (χ3v) is 3.55. The number of hydrogen-bond acceptors (Lipinski definition) is 4. The van der Waals surface area contributed by atoms with Crippen LogP contribution in [0.3, 0.4) is 0 Å². The Bertz CT molecular complexity index is 591. The van der Waals surface area contributed by atoms with Gasteiger partial charge >= 0.3 is 0 Å². The van der Waals surface area contributed by atoms with E-state index >= 15 is 0 Å². The molecule has 1 aliphatic heterocycles. The molecule has 0 saturated heterocycles. The first kappa shape index (κ1) is 12.0. The van der Waals surface area contributed by atoms with Crippen LogP contribution in [0, 0.1) is 6.92 Å². The maximum absolute atomic E-state index is 5.79. The van der Waals surface area contributed by atoms with Crippen molar-refractivity contribution in [2.24, 2.45) is 0 Å². The number of nitrogens with two attached hydrogens (primary N) is 1. The number of aromatic nitrogens is 3. The number of rotatable bonds is 3. The molecule has 1 aliphatic rings. The van der Waals surface area contributed by atoms with E-state index in [4.69, 9.17) is 10.5 Å². The summed E-state index contributed by atoms with van der Waals surface area (Å²) in [4.78, 5) is 0. The van der Waals surface area contributed by atoms with Crippen LogP contribution >= 0.6 is 0 Å². The van der Waals surface area contributed by atoms with Crippen LogP contribution in [0.2, 0.25) is 0 Å². The normalized spacial score (nSPS) is 14.2.